The summed E-state index contributed by atoms with van der Waals surface area (Å²) in [6, 6.07) is 0. The van der Waals surface area contributed by atoms with Crippen LogP contribution in [0.1, 0.15) is 13.8 Å². The van der Waals surface area contributed by atoms with E-state index in [-0.39, 0.29) is 5.41 Å². The van der Waals surface area contributed by atoms with E-state index in [1.807, 2.05) is 13.8 Å². The Bertz CT molecular complexity index is 122. The Morgan fingerprint density at radius 3 is 2.40 bits per heavy atom. The monoisotopic (exact) mass is 146 g/mol. The summed E-state index contributed by atoms with van der Waals surface area (Å²) in [7, 11) is 1.54. The summed E-state index contributed by atoms with van der Waals surface area (Å²) in [5, 5.41) is 9.47. The SMILES string of the molecule is CO[C@H]1OCC(C)(C)[C@@H]1O. The largest absolute Gasteiger partial charge is 0.387 e. The van der Waals surface area contributed by atoms with E-state index in [4.69, 9.17) is 9.47 Å². The fourth-order valence-corrected chi connectivity index (χ4v) is 1.04. The van der Waals surface area contributed by atoms with Crippen LogP contribution >= 0.6 is 0 Å². The summed E-state index contributed by atoms with van der Waals surface area (Å²) in [6.07, 6.45) is -0.938. The number of ether oxygens (including phenoxy) is 2. The van der Waals surface area contributed by atoms with Crippen molar-refractivity contribution in [3.63, 3.8) is 0 Å². The zero-order valence-electron chi connectivity index (χ0n) is 6.63. The third-order valence-electron chi connectivity index (χ3n) is 1.91. The lowest BCUT2D eigenvalue weighted by atomic mass is 9.90. The molecule has 0 unspecified atom stereocenters. The van der Waals surface area contributed by atoms with E-state index in [2.05, 4.69) is 0 Å². The van der Waals surface area contributed by atoms with Crippen LogP contribution in [0.5, 0.6) is 0 Å². The molecule has 0 amide bonds. The molecule has 1 saturated heterocycles. The van der Waals surface area contributed by atoms with Gasteiger partial charge in [0, 0.05) is 12.5 Å². The number of hydrogen-bond donors (Lipinski definition) is 1. The van der Waals surface area contributed by atoms with E-state index in [1.165, 1.54) is 7.11 Å². The second-order valence-corrected chi connectivity index (χ2v) is 3.35. The van der Waals surface area contributed by atoms with Gasteiger partial charge in [-0.3, -0.25) is 0 Å². The van der Waals surface area contributed by atoms with Crippen LogP contribution in [0.4, 0.5) is 0 Å². The number of methoxy groups -OCH3 is 1. The normalized spacial score (nSPS) is 38.4. The molecule has 0 aromatic rings. The van der Waals surface area contributed by atoms with Gasteiger partial charge >= 0.3 is 0 Å². The Labute approximate surface area is 60.9 Å². The van der Waals surface area contributed by atoms with Crippen LogP contribution in [-0.2, 0) is 9.47 Å². The fraction of sp³-hybridized carbons (Fsp3) is 1.00. The zero-order valence-corrected chi connectivity index (χ0v) is 6.63. The van der Waals surface area contributed by atoms with E-state index >= 15 is 0 Å². The van der Waals surface area contributed by atoms with E-state index in [1.54, 1.807) is 0 Å². The molecule has 0 aromatic heterocycles. The number of hydrogen-bond acceptors (Lipinski definition) is 3. The molecule has 1 fully saturated rings. The lowest BCUT2D eigenvalue weighted by Crippen LogP contribution is -2.33. The van der Waals surface area contributed by atoms with Crippen molar-refractivity contribution in [3.05, 3.63) is 0 Å². The highest BCUT2D eigenvalue weighted by Gasteiger charge is 2.42. The first-order valence-electron chi connectivity index (χ1n) is 3.40. The molecule has 0 radical (unpaired) electrons. The Morgan fingerprint density at radius 1 is 1.60 bits per heavy atom. The molecule has 0 spiro atoms. The zero-order chi connectivity index (χ0) is 7.78. The van der Waals surface area contributed by atoms with Crippen LogP contribution in [0, 0.1) is 5.41 Å². The molecule has 1 heterocycles. The molecule has 3 heteroatoms. The molecular weight excluding hydrogens is 132 g/mol. The van der Waals surface area contributed by atoms with Gasteiger partial charge in [-0.2, -0.15) is 0 Å². The van der Waals surface area contributed by atoms with Crippen LogP contribution in [0.15, 0.2) is 0 Å². The second-order valence-electron chi connectivity index (χ2n) is 3.35. The molecule has 1 rings (SSSR count). The van der Waals surface area contributed by atoms with Crippen LogP contribution < -0.4 is 0 Å². The summed E-state index contributed by atoms with van der Waals surface area (Å²) in [6.45, 7) is 4.47. The van der Waals surface area contributed by atoms with Crippen molar-refractivity contribution in [2.75, 3.05) is 13.7 Å². The molecule has 0 bridgehead atoms. The smallest absolute Gasteiger partial charge is 0.183 e. The first-order chi connectivity index (χ1) is 4.58. The molecule has 1 aliphatic heterocycles. The average Bonchev–Trinajstić information content (AvgIpc) is 2.10. The number of rotatable bonds is 1. The molecule has 1 aliphatic rings. The van der Waals surface area contributed by atoms with Crippen LogP contribution in [0.2, 0.25) is 0 Å². The molecule has 0 aliphatic carbocycles. The van der Waals surface area contributed by atoms with E-state index in [0.717, 1.165) is 0 Å². The van der Waals surface area contributed by atoms with Gasteiger partial charge < -0.3 is 14.6 Å². The summed E-state index contributed by atoms with van der Waals surface area (Å²) >= 11 is 0. The lowest BCUT2D eigenvalue weighted by Gasteiger charge is -2.21. The van der Waals surface area contributed by atoms with Crippen LogP contribution in [-0.4, -0.2) is 31.2 Å². The van der Waals surface area contributed by atoms with Crippen molar-refractivity contribution in [2.24, 2.45) is 5.41 Å². The van der Waals surface area contributed by atoms with Crippen LogP contribution in [0.3, 0.4) is 0 Å². The van der Waals surface area contributed by atoms with Crippen molar-refractivity contribution in [2.45, 2.75) is 26.2 Å². The lowest BCUT2D eigenvalue weighted by molar-refractivity contribution is -0.134. The number of aliphatic hydroxyl groups is 1. The van der Waals surface area contributed by atoms with Crippen molar-refractivity contribution in [1.29, 1.82) is 0 Å². The van der Waals surface area contributed by atoms with Crippen LogP contribution in [0.25, 0.3) is 0 Å². The van der Waals surface area contributed by atoms with Crippen molar-refractivity contribution >= 4 is 0 Å². The Morgan fingerprint density at radius 2 is 2.20 bits per heavy atom. The highest BCUT2D eigenvalue weighted by Crippen LogP contribution is 2.31. The van der Waals surface area contributed by atoms with Crippen molar-refractivity contribution in [3.8, 4) is 0 Å². The average molecular weight is 146 g/mol. The van der Waals surface area contributed by atoms with E-state index < -0.39 is 12.4 Å². The third-order valence-corrected chi connectivity index (χ3v) is 1.91. The van der Waals surface area contributed by atoms with Gasteiger partial charge in [0.05, 0.1) is 6.61 Å². The summed E-state index contributed by atoms with van der Waals surface area (Å²) < 4.78 is 10.0. The molecule has 60 valence electrons. The maximum Gasteiger partial charge on any atom is 0.183 e. The van der Waals surface area contributed by atoms with Gasteiger partial charge in [-0.05, 0) is 0 Å². The first kappa shape index (κ1) is 7.98. The quantitative estimate of drug-likeness (QED) is 0.581. The first-order valence-corrected chi connectivity index (χ1v) is 3.40. The maximum absolute atomic E-state index is 9.47. The second kappa shape index (κ2) is 2.49. The van der Waals surface area contributed by atoms with Gasteiger partial charge in [-0.1, -0.05) is 13.8 Å². The maximum atomic E-state index is 9.47. The molecule has 10 heavy (non-hydrogen) atoms. The minimum Gasteiger partial charge on any atom is -0.387 e. The Balaban J connectivity index is 2.58. The third kappa shape index (κ3) is 1.17. The minimum absolute atomic E-state index is 0.166. The van der Waals surface area contributed by atoms with Gasteiger partial charge in [-0.15, -0.1) is 0 Å². The minimum atomic E-state index is -0.502. The summed E-state index contributed by atoms with van der Waals surface area (Å²) in [4.78, 5) is 0. The Kier molecular flexibility index (Phi) is 1.99. The Hall–Kier alpha value is -0.120. The molecular formula is C7H14O3. The molecule has 0 saturated carbocycles. The van der Waals surface area contributed by atoms with Gasteiger partial charge in [-0.25, -0.2) is 0 Å². The van der Waals surface area contributed by atoms with Crippen molar-refractivity contribution < 1.29 is 14.6 Å². The molecule has 2 atom stereocenters. The van der Waals surface area contributed by atoms with Gasteiger partial charge in [0.2, 0.25) is 0 Å². The fourth-order valence-electron chi connectivity index (χ4n) is 1.04. The van der Waals surface area contributed by atoms with Gasteiger partial charge in [0.25, 0.3) is 0 Å². The summed E-state index contributed by atoms with van der Waals surface area (Å²) in [5.41, 5.74) is -0.166. The predicted molar refractivity (Wildman–Crippen MR) is 36.5 cm³/mol. The summed E-state index contributed by atoms with van der Waals surface area (Å²) in [5.74, 6) is 0. The standard InChI is InChI=1S/C7H14O3/c1-7(2)4-10-6(9-3)5(7)8/h5-6,8H,4H2,1-3H3/t5-,6+/m1/s1. The molecule has 1 N–H and O–H groups in total. The van der Waals surface area contributed by atoms with Crippen molar-refractivity contribution in [1.82, 2.24) is 0 Å². The van der Waals surface area contributed by atoms with E-state index in [9.17, 15) is 5.11 Å². The molecule has 3 nitrogen and oxygen atoms in total. The molecule has 0 aromatic carbocycles. The topological polar surface area (TPSA) is 38.7 Å². The van der Waals surface area contributed by atoms with Gasteiger partial charge in [0.1, 0.15) is 6.10 Å². The van der Waals surface area contributed by atoms with E-state index in [0.29, 0.717) is 6.61 Å². The highest BCUT2D eigenvalue weighted by molar-refractivity contribution is 4.85. The van der Waals surface area contributed by atoms with Gasteiger partial charge in [0.15, 0.2) is 6.29 Å². The highest BCUT2D eigenvalue weighted by atomic mass is 16.7. The number of aliphatic hydroxyl groups excluding tert-OH is 1. The predicted octanol–water partition coefficient (Wildman–Crippen LogP) is 0.376.